The molecule has 1 heterocycles. The molecule has 16 heavy (non-hydrogen) atoms. The van der Waals surface area contributed by atoms with Crippen LogP contribution in [0.1, 0.15) is 42.3 Å². The van der Waals surface area contributed by atoms with Crippen molar-refractivity contribution in [2.24, 2.45) is 0 Å². The number of furan rings is 1. The summed E-state index contributed by atoms with van der Waals surface area (Å²) in [5.74, 6) is 3.25. The van der Waals surface area contributed by atoms with Crippen molar-refractivity contribution in [2.75, 3.05) is 6.54 Å². The zero-order chi connectivity index (χ0) is 11.8. The number of terminal acetylenes is 1. The van der Waals surface area contributed by atoms with Crippen molar-refractivity contribution in [2.45, 2.75) is 32.6 Å². The minimum Gasteiger partial charge on any atom is -0.469 e. The summed E-state index contributed by atoms with van der Waals surface area (Å²) >= 11 is 0. The van der Waals surface area contributed by atoms with Crippen LogP contribution in [0.25, 0.3) is 0 Å². The quantitative estimate of drug-likeness (QED) is 0.589. The van der Waals surface area contributed by atoms with Crippen LogP contribution in [0.4, 0.5) is 0 Å². The Labute approximate surface area is 96.2 Å². The summed E-state index contributed by atoms with van der Waals surface area (Å²) in [6.07, 6.45) is 10.0. The second kappa shape index (κ2) is 6.73. The number of hydrogen-bond acceptors (Lipinski definition) is 2. The summed E-state index contributed by atoms with van der Waals surface area (Å²) in [5, 5.41) is 2.85. The van der Waals surface area contributed by atoms with E-state index in [0.29, 0.717) is 12.1 Å². The number of unbranched alkanes of at least 4 members (excludes halogenated alkanes) is 2. The summed E-state index contributed by atoms with van der Waals surface area (Å²) < 4.78 is 5.19. The molecule has 3 heteroatoms. The van der Waals surface area contributed by atoms with Gasteiger partial charge in [-0.05, 0) is 18.9 Å². The standard InChI is InChI=1S/C13H17NO2/c1-3-5-6-7-9-14-13(15)11-8-10-16-12(11)4-2/h1,8,10H,4-7,9H2,2H3,(H,14,15). The lowest BCUT2D eigenvalue weighted by molar-refractivity contribution is 0.0951. The van der Waals surface area contributed by atoms with Crippen LogP contribution in [0, 0.1) is 12.3 Å². The van der Waals surface area contributed by atoms with E-state index in [9.17, 15) is 4.79 Å². The van der Waals surface area contributed by atoms with Gasteiger partial charge in [0.15, 0.2) is 0 Å². The normalized spacial score (nSPS) is 9.75. The predicted molar refractivity (Wildman–Crippen MR) is 63.1 cm³/mol. The molecule has 1 aromatic heterocycles. The lowest BCUT2D eigenvalue weighted by Gasteiger charge is -2.03. The van der Waals surface area contributed by atoms with Crippen LogP contribution in [0.15, 0.2) is 16.7 Å². The molecule has 0 fully saturated rings. The minimum atomic E-state index is -0.0636. The average molecular weight is 219 g/mol. The molecular formula is C13H17NO2. The summed E-state index contributed by atoms with van der Waals surface area (Å²) in [5.41, 5.74) is 0.638. The van der Waals surface area contributed by atoms with E-state index >= 15 is 0 Å². The number of aryl methyl sites for hydroxylation is 1. The van der Waals surface area contributed by atoms with Gasteiger partial charge in [-0.15, -0.1) is 12.3 Å². The van der Waals surface area contributed by atoms with E-state index in [1.165, 1.54) is 0 Å². The highest BCUT2D eigenvalue weighted by Gasteiger charge is 2.11. The van der Waals surface area contributed by atoms with Gasteiger partial charge >= 0.3 is 0 Å². The molecule has 0 saturated carbocycles. The van der Waals surface area contributed by atoms with Crippen LogP contribution < -0.4 is 5.32 Å². The Morgan fingerprint density at radius 1 is 1.56 bits per heavy atom. The van der Waals surface area contributed by atoms with Gasteiger partial charge in [-0.25, -0.2) is 0 Å². The maximum absolute atomic E-state index is 11.7. The third kappa shape index (κ3) is 3.47. The Hall–Kier alpha value is -1.69. The van der Waals surface area contributed by atoms with Gasteiger partial charge in [0, 0.05) is 19.4 Å². The van der Waals surface area contributed by atoms with Gasteiger partial charge < -0.3 is 9.73 Å². The smallest absolute Gasteiger partial charge is 0.254 e. The maximum Gasteiger partial charge on any atom is 0.254 e. The van der Waals surface area contributed by atoms with Crippen LogP contribution in [0.2, 0.25) is 0 Å². The highest BCUT2D eigenvalue weighted by atomic mass is 16.3. The second-order valence-electron chi connectivity index (χ2n) is 3.53. The number of amides is 1. The highest BCUT2D eigenvalue weighted by molar-refractivity contribution is 5.95. The molecule has 0 aliphatic rings. The highest BCUT2D eigenvalue weighted by Crippen LogP contribution is 2.10. The third-order valence-corrected chi connectivity index (χ3v) is 2.34. The maximum atomic E-state index is 11.7. The zero-order valence-electron chi connectivity index (χ0n) is 9.58. The van der Waals surface area contributed by atoms with Crippen molar-refractivity contribution in [1.82, 2.24) is 5.32 Å². The van der Waals surface area contributed by atoms with Crippen LogP contribution in [0.3, 0.4) is 0 Å². The van der Waals surface area contributed by atoms with Gasteiger partial charge in [-0.3, -0.25) is 4.79 Å². The topological polar surface area (TPSA) is 42.2 Å². The van der Waals surface area contributed by atoms with Gasteiger partial charge in [0.25, 0.3) is 5.91 Å². The molecule has 1 aromatic rings. The van der Waals surface area contributed by atoms with Gasteiger partial charge in [-0.1, -0.05) is 6.92 Å². The van der Waals surface area contributed by atoms with E-state index in [2.05, 4.69) is 11.2 Å². The Bertz CT molecular complexity index is 374. The number of nitrogens with one attached hydrogen (secondary N) is 1. The lowest BCUT2D eigenvalue weighted by atomic mass is 10.2. The minimum absolute atomic E-state index is 0.0636. The van der Waals surface area contributed by atoms with Crippen molar-refractivity contribution in [3.8, 4) is 12.3 Å². The second-order valence-corrected chi connectivity index (χ2v) is 3.53. The molecule has 0 atom stereocenters. The molecule has 0 saturated heterocycles. The molecule has 0 spiro atoms. The molecule has 0 aliphatic carbocycles. The number of rotatable bonds is 6. The van der Waals surface area contributed by atoms with E-state index < -0.39 is 0 Å². The first-order valence-corrected chi connectivity index (χ1v) is 5.57. The Balaban J connectivity index is 2.33. The lowest BCUT2D eigenvalue weighted by Crippen LogP contribution is -2.24. The van der Waals surface area contributed by atoms with Crippen LogP contribution >= 0.6 is 0 Å². The molecule has 0 radical (unpaired) electrons. The van der Waals surface area contributed by atoms with Gasteiger partial charge in [0.05, 0.1) is 11.8 Å². The SMILES string of the molecule is C#CCCCCNC(=O)c1ccoc1CC. The van der Waals surface area contributed by atoms with Crippen molar-refractivity contribution < 1.29 is 9.21 Å². The van der Waals surface area contributed by atoms with E-state index in [1.807, 2.05) is 6.92 Å². The summed E-state index contributed by atoms with van der Waals surface area (Å²) in [6, 6.07) is 1.70. The van der Waals surface area contributed by atoms with Crippen LogP contribution in [-0.2, 0) is 6.42 Å². The average Bonchev–Trinajstić information content (AvgIpc) is 2.76. The fourth-order valence-corrected chi connectivity index (χ4v) is 1.47. The van der Waals surface area contributed by atoms with Crippen LogP contribution in [-0.4, -0.2) is 12.5 Å². The molecule has 0 aliphatic heterocycles. The van der Waals surface area contributed by atoms with Gasteiger partial charge in [0.2, 0.25) is 0 Å². The number of carbonyl (C=O) groups excluding carboxylic acids is 1. The molecular weight excluding hydrogens is 202 g/mol. The third-order valence-electron chi connectivity index (χ3n) is 2.34. The Kier molecular flexibility index (Phi) is 5.21. The van der Waals surface area contributed by atoms with E-state index in [-0.39, 0.29) is 5.91 Å². The van der Waals surface area contributed by atoms with Gasteiger partial charge in [-0.2, -0.15) is 0 Å². The van der Waals surface area contributed by atoms with Gasteiger partial charge in [0.1, 0.15) is 5.76 Å². The Morgan fingerprint density at radius 3 is 3.06 bits per heavy atom. The Morgan fingerprint density at radius 2 is 2.38 bits per heavy atom. The summed E-state index contributed by atoms with van der Waals surface area (Å²) in [4.78, 5) is 11.7. The largest absolute Gasteiger partial charge is 0.469 e. The molecule has 0 aromatic carbocycles. The molecule has 1 N–H and O–H groups in total. The first kappa shape index (κ1) is 12.4. The van der Waals surface area contributed by atoms with Crippen molar-refractivity contribution in [3.63, 3.8) is 0 Å². The summed E-state index contributed by atoms with van der Waals surface area (Å²) in [6.45, 7) is 2.62. The van der Waals surface area contributed by atoms with E-state index in [1.54, 1.807) is 12.3 Å². The van der Waals surface area contributed by atoms with Crippen LogP contribution in [0.5, 0.6) is 0 Å². The first-order valence-electron chi connectivity index (χ1n) is 5.57. The summed E-state index contributed by atoms with van der Waals surface area (Å²) in [7, 11) is 0. The zero-order valence-corrected chi connectivity index (χ0v) is 9.58. The fourth-order valence-electron chi connectivity index (χ4n) is 1.47. The monoisotopic (exact) mass is 219 g/mol. The predicted octanol–water partition coefficient (Wildman–Crippen LogP) is 2.38. The molecule has 0 bridgehead atoms. The molecule has 86 valence electrons. The van der Waals surface area contributed by atoms with Crippen molar-refractivity contribution in [3.05, 3.63) is 23.7 Å². The number of carbonyl (C=O) groups is 1. The first-order chi connectivity index (χ1) is 7.79. The molecule has 0 unspecified atom stereocenters. The number of hydrogen-bond donors (Lipinski definition) is 1. The molecule has 3 nitrogen and oxygen atoms in total. The van der Waals surface area contributed by atoms with Crippen molar-refractivity contribution in [1.29, 1.82) is 0 Å². The van der Waals surface area contributed by atoms with E-state index in [0.717, 1.165) is 31.4 Å². The molecule has 1 rings (SSSR count). The van der Waals surface area contributed by atoms with E-state index in [4.69, 9.17) is 10.8 Å². The molecule has 1 amide bonds. The fraction of sp³-hybridized carbons (Fsp3) is 0.462. The van der Waals surface area contributed by atoms with Crippen molar-refractivity contribution >= 4 is 5.91 Å².